The summed E-state index contributed by atoms with van der Waals surface area (Å²) in [6.07, 6.45) is 0. The second-order valence-corrected chi connectivity index (χ2v) is 4.33. The number of ether oxygens (including phenoxy) is 3. The minimum Gasteiger partial charge on any atom is -0.504 e. The van der Waals surface area contributed by atoms with Crippen molar-refractivity contribution in [2.24, 2.45) is 0 Å². The summed E-state index contributed by atoms with van der Waals surface area (Å²) in [6, 6.07) is 4.21. The van der Waals surface area contributed by atoms with Gasteiger partial charge in [-0.05, 0) is 0 Å². The van der Waals surface area contributed by atoms with Crippen molar-refractivity contribution in [1.29, 1.82) is 0 Å². The third-order valence-electron chi connectivity index (χ3n) is 2.73. The van der Waals surface area contributed by atoms with Gasteiger partial charge in [0, 0.05) is 24.3 Å². The average Bonchev–Trinajstić information content (AvgIpc) is 2.45. The highest BCUT2D eigenvalue weighted by atomic mass is 16.7. The van der Waals surface area contributed by atoms with Gasteiger partial charge in [-0.2, -0.15) is 0 Å². The molecular formula is C14H14O9. The third-order valence-corrected chi connectivity index (χ3v) is 2.73. The molecule has 9 heteroatoms. The molecule has 0 aromatic heterocycles. The minimum atomic E-state index is -2.13. The van der Waals surface area contributed by atoms with Crippen LogP contribution in [0.3, 0.4) is 0 Å². The molecule has 6 N–H and O–H groups in total. The first-order valence-electron chi connectivity index (χ1n) is 6.18. The van der Waals surface area contributed by atoms with Gasteiger partial charge in [-0.1, -0.05) is 0 Å². The maximum absolute atomic E-state index is 9.83. The van der Waals surface area contributed by atoms with Crippen LogP contribution in [0.1, 0.15) is 0 Å². The van der Waals surface area contributed by atoms with Gasteiger partial charge < -0.3 is 44.8 Å². The fourth-order valence-corrected chi connectivity index (χ4v) is 1.77. The van der Waals surface area contributed by atoms with E-state index in [9.17, 15) is 20.4 Å². The fraction of sp³-hybridized carbons (Fsp3) is 0.143. The Morgan fingerprint density at radius 1 is 0.826 bits per heavy atom. The summed E-state index contributed by atoms with van der Waals surface area (Å²) in [5.41, 5.74) is 0. The van der Waals surface area contributed by atoms with Crippen LogP contribution in [0.15, 0.2) is 24.3 Å². The Bertz CT molecular complexity index is 689. The van der Waals surface area contributed by atoms with Crippen LogP contribution in [0, 0.1) is 0 Å². The number of aromatic hydroxyl groups is 4. The largest absolute Gasteiger partial charge is 0.504 e. The lowest BCUT2D eigenvalue weighted by Crippen LogP contribution is -2.13. The number of benzene rings is 2. The van der Waals surface area contributed by atoms with Gasteiger partial charge in [-0.25, -0.2) is 0 Å². The van der Waals surface area contributed by atoms with E-state index >= 15 is 0 Å². The van der Waals surface area contributed by atoms with Gasteiger partial charge in [-0.3, -0.25) is 0 Å². The number of phenols is 4. The predicted octanol–water partition coefficient (Wildman–Crippen LogP) is 0.957. The number of rotatable bonds is 5. The van der Waals surface area contributed by atoms with Crippen LogP contribution in [0.4, 0.5) is 0 Å². The van der Waals surface area contributed by atoms with E-state index in [2.05, 4.69) is 4.74 Å². The number of aliphatic hydroxyl groups excluding tert-OH is 1. The van der Waals surface area contributed by atoms with Crippen molar-refractivity contribution < 1.29 is 44.8 Å². The topological polar surface area (TPSA) is 149 Å². The molecule has 0 bridgehead atoms. The molecule has 0 heterocycles. The molecule has 9 nitrogen and oxygen atoms in total. The van der Waals surface area contributed by atoms with Gasteiger partial charge >= 0.3 is 6.48 Å². The summed E-state index contributed by atoms with van der Waals surface area (Å²) in [4.78, 5) is 0. The number of hydrogen-bond donors (Lipinski definition) is 6. The summed E-state index contributed by atoms with van der Waals surface area (Å²) in [6.45, 7) is -2.13. The maximum atomic E-state index is 9.83. The lowest BCUT2D eigenvalue weighted by molar-refractivity contribution is -0.179. The number of aliphatic hydroxyl groups is 2. The molecule has 2 aromatic carbocycles. The average molecular weight is 326 g/mol. The van der Waals surface area contributed by atoms with Crippen LogP contribution in [-0.2, 0) is 0 Å². The molecule has 0 spiro atoms. The second-order valence-electron chi connectivity index (χ2n) is 4.33. The smallest absolute Gasteiger partial charge is 0.310 e. The van der Waals surface area contributed by atoms with Crippen molar-refractivity contribution in [3.05, 3.63) is 24.3 Å². The molecule has 0 aliphatic heterocycles. The Kier molecular flexibility index (Phi) is 4.53. The van der Waals surface area contributed by atoms with E-state index in [-0.39, 0.29) is 23.0 Å². The zero-order valence-corrected chi connectivity index (χ0v) is 11.8. The van der Waals surface area contributed by atoms with Gasteiger partial charge in [0.1, 0.15) is 11.5 Å². The van der Waals surface area contributed by atoms with Gasteiger partial charge in [-0.15, -0.1) is 0 Å². The molecule has 0 atom stereocenters. The molecule has 0 fully saturated rings. The first-order valence-corrected chi connectivity index (χ1v) is 6.18. The van der Waals surface area contributed by atoms with Gasteiger partial charge in [0.2, 0.25) is 11.5 Å². The molecule has 2 rings (SSSR count). The predicted molar refractivity (Wildman–Crippen MR) is 75.0 cm³/mol. The van der Waals surface area contributed by atoms with Crippen molar-refractivity contribution in [3.63, 3.8) is 0 Å². The lowest BCUT2D eigenvalue weighted by Gasteiger charge is -2.14. The third kappa shape index (κ3) is 3.59. The van der Waals surface area contributed by atoms with Crippen LogP contribution < -0.4 is 14.2 Å². The molecule has 0 amide bonds. The SMILES string of the molecule is COc1cc(Oc2c(O)cc(OC(O)O)cc2O)cc(O)c1O. The first-order chi connectivity index (χ1) is 10.8. The van der Waals surface area contributed by atoms with Crippen LogP contribution in [0.5, 0.6) is 46.0 Å². The maximum Gasteiger partial charge on any atom is 0.310 e. The van der Waals surface area contributed by atoms with Crippen LogP contribution in [-0.4, -0.2) is 44.2 Å². The van der Waals surface area contributed by atoms with E-state index in [1.807, 2.05) is 0 Å². The van der Waals surface area contributed by atoms with Crippen molar-refractivity contribution in [2.75, 3.05) is 7.11 Å². The second kappa shape index (κ2) is 6.38. The van der Waals surface area contributed by atoms with Crippen LogP contribution in [0.25, 0.3) is 0 Å². The molecular weight excluding hydrogens is 312 g/mol. The van der Waals surface area contributed by atoms with Gasteiger partial charge in [0.05, 0.1) is 7.11 Å². The van der Waals surface area contributed by atoms with Crippen molar-refractivity contribution in [1.82, 2.24) is 0 Å². The normalized spacial score (nSPS) is 10.6. The summed E-state index contributed by atoms with van der Waals surface area (Å²) >= 11 is 0. The molecule has 0 aliphatic carbocycles. The monoisotopic (exact) mass is 326 g/mol. The Morgan fingerprint density at radius 2 is 1.39 bits per heavy atom. The molecule has 0 saturated heterocycles. The summed E-state index contributed by atoms with van der Waals surface area (Å²) in [5.74, 6) is -2.86. The van der Waals surface area contributed by atoms with Crippen molar-refractivity contribution in [2.45, 2.75) is 6.48 Å². The zero-order valence-electron chi connectivity index (χ0n) is 11.8. The van der Waals surface area contributed by atoms with Crippen LogP contribution in [0.2, 0.25) is 0 Å². The lowest BCUT2D eigenvalue weighted by atomic mass is 10.2. The Balaban J connectivity index is 2.35. The minimum absolute atomic E-state index is 0.0430. The summed E-state index contributed by atoms with van der Waals surface area (Å²) in [5, 5.41) is 56.1. The van der Waals surface area contributed by atoms with E-state index in [1.165, 1.54) is 13.2 Å². The molecule has 2 aromatic rings. The Hall–Kier alpha value is -3.04. The standard InChI is InChI=1S/C14H14O9/c1-21-11-5-7(2-8(15)12(11)18)22-13-9(16)3-6(4-10(13)17)23-14(19)20/h2-5,14-20H,1H3. The summed E-state index contributed by atoms with van der Waals surface area (Å²) in [7, 11) is 1.26. The van der Waals surface area contributed by atoms with E-state index in [0.29, 0.717) is 0 Å². The van der Waals surface area contributed by atoms with E-state index in [4.69, 9.17) is 19.7 Å². The van der Waals surface area contributed by atoms with E-state index < -0.39 is 29.5 Å². The van der Waals surface area contributed by atoms with E-state index in [0.717, 1.165) is 18.2 Å². The zero-order chi connectivity index (χ0) is 17.1. The highest BCUT2D eigenvalue weighted by Gasteiger charge is 2.17. The van der Waals surface area contributed by atoms with Gasteiger partial charge in [0.15, 0.2) is 23.0 Å². The molecule has 0 unspecified atom stereocenters. The number of methoxy groups -OCH3 is 1. The molecule has 0 aliphatic rings. The number of hydrogen-bond acceptors (Lipinski definition) is 9. The highest BCUT2D eigenvalue weighted by Crippen LogP contribution is 2.45. The molecule has 124 valence electrons. The first kappa shape index (κ1) is 16.3. The van der Waals surface area contributed by atoms with E-state index in [1.54, 1.807) is 0 Å². The molecule has 0 radical (unpaired) electrons. The van der Waals surface area contributed by atoms with Crippen molar-refractivity contribution in [3.8, 4) is 46.0 Å². The number of phenolic OH excluding ortho intramolecular Hbond substituents is 4. The molecule has 0 saturated carbocycles. The fourth-order valence-electron chi connectivity index (χ4n) is 1.77. The Morgan fingerprint density at radius 3 is 1.91 bits per heavy atom. The summed E-state index contributed by atoms with van der Waals surface area (Å²) < 4.78 is 14.6. The van der Waals surface area contributed by atoms with Gasteiger partial charge in [0.25, 0.3) is 0 Å². The highest BCUT2D eigenvalue weighted by molar-refractivity contribution is 5.59. The quantitative estimate of drug-likeness (QED) is 0.349. The Labute approximate surface area is 129 Å². The molecule has 23 heavy (non-hydrogen) atoms. The van der Waals surface area contributed by atoms with Crippen LogP contribution >= 0.6 is 0 Å². The van der Waals surface area contributed by atoms with Crippen molar-refractivity contribution >= 4 is 0 Å².